The van der Waals surface area contributed by atoms with Crippen molar-refractivity contribution >= 4 is 17.4 Å². The third-order valence-corrected chi connectivity index (χ3v) is 5.20. The summed E-state index contributed by atoms with van der Waals surface area (Å²) in [7, 11) is 0. The summed E-state index contributed by atoms with van der Waals surface area (Å²) in [6.07, 6.45) is 8.31. The van der Waals surface area contributed by atoms with E-state index in [0.29, 0.717) is 29.7 Å². The summed E-state index contributed by atoms with van der Waals surface area (Å²) in [6, 6.07) is 5.65. The molecule has 0 spiro atoms. The minimum atomic E-state index is -0.217. The molecule has 7 nitrogen and oxygen atoms in total. The maximum absolute atomic E-state index is 12.7. The van der Waals surface area contributed by atoms with E-state index in [1.807, 2.05) is 22.7 Å². The van der Waals surface area contributed by atoms with E-state index in [-0.39, 0.29) is 5.91 Å². The standard InChI is InChI=1S/C20H20N4O3/c25-20(15-3-1-2-14-6-9-27-19(14)15)23-17-12-24-11-16(22-18(24)10-21-17)13-4-7-26-8-5-13/h1-3,10-13H,4-9H2,(H,23,25). The number of aromatic nitrogens is 3. The SMILES string of the molecule is O=C(Nc1cn2cc(C3CCOCC3)nc2cn1)c1cccc2c1OCC2. The first kappa shape index (κ1) is 16.3. The van der Waals surface area contributed by atoms with Crippen LogP contribution >= 0.6 is 0 Å². The average Bonchev–Trinajstić information content (AvgIpc) is 3.34. The summed E-state index contributed by atoms with van der Waals surface area (Å²) in [4.78, 5) is 21.7. The highest BCUT2D eigenvalue weighted by Gasteiger charge is 2.21. The average molecular weight is 364 g/mol. The van der Waals surface area contributed by atoms with Crippen molar-refractivity contribution in [3.8, 4) is 5.75 Å². The normalized spacial score (nSPS) is 16.9. The molecule has 0 radical (unpaired) electrons. The first-order chi connectivity index (χ1) is 13.3. The third kappa shape index (κ3) is 3.04. The lowest BCUT2D eigenvalue weighted by molar-refractivity contribution is 0.0846. The second-order valence-electron chi connectivity index (χ2n) is 6.94. The van der Waals surface area contributed by atoms with Crippen LogP contribution in [-0.4, -0.2) is 40.1 Å². The minimum Gasteiger partial charge on any atom is -0.492 e. The lowest BCUT2D eigenvalue weighted by Crippen LogP contribution is -2.14. The van der Waals surface area contributed by atoms with E-state index < -0.39 is 0 Å². The molecule has 4 heterocycles. The fourth-order valence-corrected chi connectivity index (χ4v) is 3.75. The summed E-state index contributed by atoms with van der Waals surface area (Å²) in [5.74, 6) is 1.37. The highest BCUT2D eigenvalue weighted by molar-refractivity contribution is 6.06. The molecule has 1 fully saturated rings. The number of imidazole rings is 1. The molecular weight excluding hydrogens is 344 g/mol. The van der Waals surface area contributed by atoms with Crippen LogP contribution in [0.3, 0.4) is 0 Å². The van der Waals surface area contributed by atoms with Crippen molar-refractivity contribution in [2.45, 2.75) is 25.2 Å². The number of hydrogen-bond donors (Lipinski definition) is 1. The number of hydrogen-bond acceptors (Lipinski definition) is 5. The van der Waals surface area contributed by atoms with Gasteiger partial charge in [-0.1, -0.05) is 12.1 Å². The Kier molecular flexibility index (Phi) is 4.01. The third-order valence-electron chi connectivity index (χ3n) is 5.20. The Bertz CT molecular complexity index is 1010. The largest absolute Gasteiger partial charge is 0.492 e. The zero-order valence-corrected chi connectivity index (χ0v) is 14.9. The molecule has 3 aromatic rings. The quantitative estimate of drug-likeness (QED) is 0.773. The number of anilines is 1. The fraction of sp³-hybridized carbons (Fsp3) is 0.350. The van der Waals surface area contributed by atoms with Gasteiger partial charge < -0.3 is 19.2 Å². The van der Waals surface area contributed by atoms with Gasteiger partial charge in [0.1, 0.15) is 11.6 Å². The van der Waals surface area contributed by atoms with Crippen LogP contribution in [0.15, 0.2) is 36.8 Å². The van der Waals surface area contributed by atoms with Crippen LogP contribution in [0.5, 0.6) is 5.75 Å². The molecule has 2 aliphatic heterocycles. The maximum Gasteiger partial charge on any atom is 0.260 e. The molecule has 1 amide bonds. The van der Waals surface area contributed by atoms with Crippen molar-refractivity contribution in [1.82, 2.24) is 14.4 Å². The van der Waals surface area contributed by atoms with Gasteiger partial charge >= 0.3 is 0 Å². The van der Waals surface area contributed by atoms with Gasteiger partial charge in [0, 0.05) is 31.7 Å². The van der Waals surface area contributed by atoms with Gasteiger partial charge in [-0.2, -0.15) is 0 Å². The molecule has 2 aromatic heterocycles. The number of nitrogens with zero attached hydrogens (tertiary/aromatic N) is 3. The number of fused-ring (bicyclic) bond motifs is 2. The number of benzene rings is 1. The van der Waals surface area contributed by atoms with Crippen molar-refractivity contribution in [1.29, 1.82) is 0 Å². The number of amides is 1. The van der Waals surface area contributed by atoms with E-state index in [9.17, 15) is 4.79 Å². The maximum atomic E-state index is 12.7. The van der Waals surface area contributed by atoms with Crippen LogP contribution in [0.1, 0.15) is 40.4 Å². The molecule has 1 N–H and O–H groups in total. The number of carbonyl (C=O) groups excluding carboxylic acids is 1. The van der Waals surface area contributed by atoms with Gasteiger partial charge in [0.05, 0.1) is 30.3 Å². The minimum absolute atomic E-state index is 0.217. The lowest BCUT2D eigenvalue weighted by Gasteiger charge is -2.19. The monoisotopic (exact) mass is 364 g/mol. The van der Waals surface area contributed by atoms with Crippen molar-refractivity contribution < 1.29 is 14.3 Å². The Hall–Kier alpha value is -2.93. The van der Waals surface area contributed by atoms with Gasteiger partial charge in [-0.05, 0) is 24.5 Å². The van der Waals surface area contributed by atoms with E-state index in [1.165, 1.54) is 0 Å². The van der Waals surface area contributed by atoms with Gasteiger partial charge in [0.15, 0.2) is 5.65 Å². The number of nitrogens with one attached hydrogen (secondary N) is 1. The summed E-state index contributed by atoms with van der Waals surface area (Å²) in [5, 5.41) is 2.87. The van der Waals surface area contributed by atoms with Crippen molar-refractivity contribution in [2.24, 2.45) is 0 Å². The molecule has 0 unspecified atom stereocenters. The highest BCUT2D eigenvalue weighted by Crippen LogP contribution is 2.30. The molecule has 0 bridgehead atoms. The van der Waals surface area contributed by atoms with Crippen LogP contribution in [-0.2, 0) is 11.2 Å². The number of carbonyl (C=O) groups is 1. The molecule has 5 rings (SSSR count). The lowest BCUT2D eigenvalue weighted by atomic mass is 9.97. The Balaban J connectivity index is 1.39. The predicted octanol–water partition coefficient (Wildman–Crippen LogP) is 2.81. The second kappa shape index (κ2) is 6.66. The Labute approximate surface area is 156 Å². The first-order valence-electron chi connectivity index (χ1n) is 9.26. The van der Waals surface area contributed by atoms with Crippen LogP contribution < -0.4 is 10.1 Å². The zero-order chi connectivity index (χ0) is 18.2. The summed E-state index contributed by atoms with van der Waals surface area (Å²) < 4.78 is 13.0. The van der Waals surface area contributed by atoms with Crippen LogP contribution in [0.4, 0.5) is 5.82 Å². The number of para-hydroxylation sites is 1. The molecule has 1 aromatic carbocycles. The second-order valence-corrected chi connectivity index (χ2v) is 6.94. The first-order valence-corrected chi connectivity index (χ1v) is 9.26. The summed E-state index contributed by atoms with van der Waals surface area (Å²) in [5.41, 5.74) is 3.44. The Morgan fingerprint density at radius 1 is 1.19 bits per heavy atom. The molecule has 0 aliphatic carbocycles. The summed E-state index contributed by atoms with van der Waals surface area (Å²) in [6.45, 7) is 2.18. The fourth-order valence-electron chi connectivity index (χ4n) is 3.75. The van der Waals surface area contributed by atoms with Gasteiger partial charge in [0.25, 0.3) is 5.91 Å². The number of ether oxygens (including phenoxy) is 2. The van der Waals surface area contributed by atoms with E-state index in [2.05, 4.69) is 15.3 Å². The Morgan fingerprint density at radius 3 is 2.96 bits per heavy atom. The zero-order valence-electron chi connectivity index (χ0n) is 14.9. The van der Waals surface area contributed by atoms with E-state index in [0.717, 1.165) is 49.4 Å². The Morgan fingerprint density at radius 2 is 2.07 bits per heavy atom. The highest BCUT2D eigenvalue weighted by atomic mass is 16.5. The molecule has 138 valence electrons. The topological polar surface area (TPSA) is 77.8 Å². The van der Waals surface area contributed by atoms with E-state index in [1.54, 1.807) is 18.5 Å². The van der Waals surface area contributed by atoms with Gasteiger partial charge in [-0.15, -0.1) is 0 Å². The van der Waals surface area contributed by atoms with Crippen molar-refractivity contribution in [3.05, 3.63) is 53.6 Å². The smallest absolute Gasteiger partial charge is 0.260 e. The van der Waals surface area contributed by atoms with Gasteiger partial charge in [0.2, 0.25) is 0 Å². The van der Waals surface area contributed by atoms with Crippen LogP contribution in [0, 0.1) is 0 Å². The van der Waals surface area contributed by atoms with Gasteiger partial charge in [-0.3, -0.25) is 4.79 Å². The van der Waals surface area contributed by atoms with Crippen LogP contribution in [0.25, 0.3) is 5.65 Å². The molecule has 0 atom stereocenters. The van der Waals surface area contributed by atoms with Crippen molar-refractivity contribution in [3.63, 3.8) is 0 Å². The van der Waals surface area contributed by atoms with Crippen molar-refractivity contribution in [2.75, 3.05) is 25.1 Å². The summed E-state index contributed by atoms with van der Waals surface area (Å²) >= 11 is 0. The predicted molar refractivity (Wildman–Crippen MR) is 99.4 cm³/mol. The molecule has 27 heavy (non-hydrogen) atoms. The molecule has 0 saturated carbocycles. The van der Waals surface area contributed by atoms with Gasteiger partial charge in [-0.25, -0.2) is 9.97 Å². The van der Waals surface area contributed by atoms with E-state index >= 15 is 0 Å². The molecule has 7 heteroatoms. The number of rotatable bonds is 3. The van der Waals surface area contributed by atoms with E-state index in [4.69, 9.17) is 9.47 Å². The molecule has 1 saturated heterocycles. The molecule has 2 aliphatic rings. The molecular formula is C20H20N4O3. The van der Waals surface area contributed by atoms with Crippen LogP contribution in [0.2, 0.25) is 0 Å².